The SMILES string of the molecule is CC1(C(=O)N2CCC(Oc3ccc(-c4cnc5ccccc5c4)cc3)CC2)CCCO1. The number of para-hydroxylation sites is 1. The van der Waals surface area contributed by atoms with Gasteiger partial charge in [0.15, 0.2) is 0 Å². The van der Waals surface area contributed by atoms with Crippen LogP contribution in [0.3, 0.4) is 0 Å². The fourth-order valence-electron chi connectivity index (χ4n) is 4.61. The molecule has 0 bridgehead atoms. The number of likely N-dealkylation sites (tertiary alicyclic amines) is 1. The van der Waals surface area contributed by atoms with Crippen LogP contribution in [0.1, 0.15) is 32.6 Å². The zero-order chi connectivity index (χ0) is 21.3. The Labute approximate surface area is 183 Å². The summed E-state index contributed by atoms with van der Waals surface area (Å²) in [7, 11) is 0. The summed E-state index contributed by atoms with van der Waals surface area (Å²) in [6.45, 7) is 4.07. The van der Waals surface area contributed by atoms with Crippen molar-refractivity contribution >= 4 is 16.8 Å². The van der Waals surface area contributed by atoms with Crippen LogP contribution in [0.5, 0.6) is 5.75 Å². The van der Waals surface area contributed by atoms with Crippen LogP contribution in [0.4, 0.5) is 0 Å². The van der Waals surface area contributed by atoms with Crippen molar-refractivity contribution in [2.45, 2.75) is 44.3 Å². The Balaban J connectivity index is 1.19. The monoisotopic (exact) mass is 416 g/mol. The van der Waals surface area contributed by atoms with Crippen LogP contribution < -0.4 is 4.74 Å². The maximum Gasteiger partial charge on any atom is 0.254 e. The number of aromatic nitrogens is 1. The standard InChI is InChI=1S/C26H28N2O3/c1-26(13-4-16-30-26)25(29)28-14-11-23(12-15-28)31-22-9-7-19(8-10-22)21-17-20-5-2-3-6-24(20)27-18-21/h2-3,5-10,17-18,23H,4,11-16H2,1H3. The third kappa shape index (κ3) is 4.15. The third-order valence-corrected chi connectivity index (χ3v) is 6.48. The van der Waals surface area contributed by atoms with Crippen LogP contribution in [-0.2, 0) is 9.53 Å². The van der Waals surface area contributed by atoms with Gasteiger partial charge in [-0.1, -0.05) is 30.3 Å². The van der Waals surface area contributed by atoms with E-state index in [0.717, 1.165) is 66.6 Å². The number of amides is 1. The first-order valence-corrected chi connectivity index (χ1v) is 11.2. The Bertz CT molecular complexity index is 1070. The second-order valence-corrected chi connectivity index (χ2v) is 8.73. The molecular weight excluding hydrogens is 388 g/mol. The van der Waals surface area contributed by atoms with E-state index in [1.807, 2.05) is 48.4 Å². The molecule has 1 aromatic heterocycles. The number of hydrogen-bond acceptors (Lipinski definition) is 4. The Kier molecular flexibility index (Phi) is 5.36. The largest absolute Gasteiger partial charge is 0.490 e. The van der Waals surface area contributed by atoms with Gasteiger partial charge in [-0.3, -0.25) is 9.78 Å². The molecule has 3 aromatic rings. The van der Waals surface area contributed by atoms with E-state index < -0.39 is 5.60 Å². The van der Waals surface area contributed by atoms with Crippen molar-refractivity contribution in [2.24, 2.45) is 0 Å². The summed E-state index contributed by atoms with van der Waals surface area (Å²) in [5.41, 5.74) is 2.60. The van der Waals surface area contributed by atoms with Gasteiger partial charge in [0.05, 0.1) is 5.52 Å². The number of fused-ring (bicyclic) bond motifs is 1. The lowest BCUT2D eigenvalue weighted by molar-refractivity contribution is -0.152. The zero-order valence-electron chi connectivity index (χ0n) is 17.9. The topological polar surface area (TPSA) is 51.7 Å². The molecule has 160 valence electrons. The number of piperidine rings is 1. The molecule has 31 heavy (non-hydrogen) atoms. The first-order valence-electron chi connectivity index (χ1n) is 11.2. The molecule has 2 aromatic carbocycles. The predicted molar refractivity (Wildman–Crippen MR) is 121 cm³/mol. The summed E-state index contributed by atoms with van der Waals surface area (Å²) in [5, 5.41) is 1.14. The minimum Gasteiger partial charge on any atom is -0.490 e. The van der Waals surface area contributed by atoms with E-state index in [-0.39, 0.29) is 12.0 Å². The van der Waals surface area contributed by atoms with Crippen molar-refractivity contribution in [3.63, 3.8) is 0 Å². The number of rotatable bonds is 4. The van der Waals surface area contributed by atoms with Crippen LogP contribution in [0.15, 0.2) is 60.8 Å². The first-order chi connectivity index (χ1) is 15.1. The highest BCUT2D eigenvalue weighted by molar-refractivity contribution is 5.85. The normalized spacial score (nSPS) is 22.0. The average Bonchev–Trinajstić information content (AvgIpc) is 3.27. The van der Waals surface area contributed by atoms with Gasteiger partial charge in [-0.2, -0.15) is 0 Å². The Morgan fingerprint density at radius 2 is 1.87 bits per heavy atom. The predicted octanol–water partition coefficient (Wildman–Crippen LogP) is 4.84. The molecule has 0 spiro atoms. The smallest absolute Gasteiger partial charge is 0.254 e. The number of hydrogen-bond donors (Lipinski definition) is 0. The zero-order valence-corrected chi connectivity index (χ0v) is 17.9. The summed E-state index contributed by atoms with van der Waals surface area (Å²) < 4.78 is 11.9. The van der Waals surface area contributed by atoms with Crippen LogP contribution in [-0.4, -0.2) is 47.2 Å². The molecule has 1 atom stereocenters. The highest BCUT2D eigenvalue weighted by Crippen LogP contribution is 2.30. The number of benzene rings is 2. The molecule has 0 radical (unpaired) electrons. The number of ether oxygens (including phenoxy) is 2. The maximum atomic E-state index is 12.8. The Morgan fingerprint density at radius 3 is 2.61 bits per heavy atom. The molecular formula is C26H28N2O3. The van der Waals surface area contributed by atoms with E-state index in [9.17, 15) is 4.79 Å². The molecule has 2 saturated heterocycles. The summed E-state index contributed by atoms with van der Waals surface area (Å²) in [5.74, 6) is 1.00. The Hall–Kier alpha value is -2.92. The number of carbonyl (C=O) groups is 1. The highest BCUT2D eigenvalue weighted by Gasteiger charge is 2.41. The molecule has 0 aliphatic carbocycles. The van der Waals surface area contributed by atoms with Gasteiger partial charge < -0.3 is 14.4 Å². The molecule has 1 unspecified atom stereocenters. The second kappa shape index (κ2) is 8.31. The molecule has 2 aliphatic heterocycles. The molecule has 2 aliphatic rings. The van der Waals surface area contributed by atoms with Crippen molar-refractivity contribution in [3.05, 3.63) is 60.8 Å². The maximum absolute atomic E-state index is 12.8. The average molecular weight is 417 g/mol. The van der Waals surface area contributed by atoms with E-state index >= 15 is 0 Å². The molecule has 5 heteroatoms. The summed E-state index contributed by atoms with van der Waals surface area (Å²) in [6.07, 6.45) is 5.53. The highest BCUT2D eigenvalue weighted by atomic mass is 16.5. The van der Waals surface area contributed by atoms with Gasteiger partial charge in [-0.15, -0.1) is 0 Å². The minimum atomic E-state index is -0.624. The Morgan fingerprint density at radius 1 is 1.10 bits per heavy atom. The molecule has 1 amide bonds. The van der Waals surface area contributed by atoms with Crippen LogP contribution >= 0.6 is 0 Å². The molecule has 2 fully saturated rings. The van der Waals surface area contributed by atoms with Gasteiger partial charge >= 0.3 is 0 Å². The van der Waals surface area contributed by atoms with Gasteiger partial charge in [0.25, 0.3) is 5.91 Å². The third-order valence-electron chi connectivity index (χ3n) is 6.48. The van der Waals surface area contributed by atoms with Crippen LogP contribution in [0.25, 0.3) is 22.0 Å². The van der Waals surface area contributed by atoms with Crippen molar-refractivity contribution in [2.75, 3.05) is 19.7 Å². The van der Waals surface area contributed by atoms with E-state index in [4.69, 9.17) is 9.47 Å². The van der Waals surface area contributed by atoms with Crippen molar-refractivity contribution in [1.29, 1.82) is 0 Å². The molecule has 0 saturated carbocycles. The van der Waals surface area contributed by atoms with Crippen LogP contribution in [0, 0.1) is 0 Å². The fourth-order valence-corrected chi connectivity index (χ4v) is 4.61. The van der Waals surface area contributed by atoms with Gasteiger partial charge in [-0.05, 0) is 49.6 Å². The van der Waals surface area contributed by atoms with Gasteiger partial charge in [-0.25, -0.2) is 0 Å². The lowest BCUT2D eigenvalue weighted by Crippen LogP contribution is -2.50. The van der Waals surface area contributed by atoms with E-state index in [1.54, 1.807) is 0 Å². The van der Waals surface area contributed by atoms with Crippen LogP contribution in [0.2, 0.25) is 0 Å². The fraction of sp³-hybridized carbons (Fsp3) is 0.385. The number of nitrogens with zero attached hydrogens (tertiary/aromatic N) is 2. The van der Waals surface area contributed by atoms with Crippen molar-refractivity contribution in [1.82, 2.24) is 9.88 Å². The number of carbonyl (C=O) groups excluding carboxylic acids is 1. The van der Waals surface area contributed by atoms with Gasteiger partial charge in [0.1, 0.15) is 17.5 Å². The van der Waals surface area contributed by atoms with E-state index in [0.29, 0.717) is 6.61 Å². The molecule has 5 nitrogen and oxygen atoms in total. The summed E-state index contributed by atoms with van der Waals surface area (Å²) >= 11 is 0. The summed E-state index contributed by atoms with van der Waals surface area (Å²) in [4.78, 5) is 19.3. The van der Waals surface area contributed by atoms with E-state index in [1.165, 1.54) is 0 Å². The van der Waals surface area contributed by atoms with E-state index in [2.05, 4.69) is 29.2 Å². The second-order valence-electron chi connectivity index (χ2n) is 8.73. The van der Waals surface area contributed by atoms with Gasteiger partial charge in [0, 0.05) is 49.7 Å². The lowest BCUT2D eigenvalue weighted by Gasteiger charge is -2.36. The lowest BCUT2D eigenvalue weighted by atomic mass is 9.98. The molecule has 3 heterocycles. The number of pyridine rings is 1. The van der Waals surface area contributed by atoms with Crippen molar-refractivity contribution in [3.8, 4) is 16.9 Å². The summed E-state index contributed by atoms with van der Waals surface area (Å²) in [6, 6.07) is 18.5. The quantitative estimate of drug-likeness (QED) is 0.611. The molecule has 0 N–H and O–H groups in total. The first kappa shape index (κ1) is 20.0. The van der Waals surface area contributed by atoms with Gasteiger partial charge in [0.2, 0.25) is 0 Å². The van der Waals surface area contributed by atoms with Crippen molar-refractivity contribution < 1.29 is 14.3 Å². The minimum absolute atomic E-state index is 0.134. The molecule has 5 rings (SSSR count).